The van der Waals surface area contributed by atoms with E-state index in [0.29, 0.717) is 19.8 Å². The number of hydroxylamine groups is 1. The highest BCUT2D eigenvalue weighted by Gasteiger charge is 2.22. The van der Waals surface area contributed by atoms with E-state index in [2.05, 4.69) is 12.1 Å². The van der Waals surface area contributed by atoms with Crippen LogP contribution in [0, 0.1) is 5.92 Å². The Balaban J connectivity index is 0.00000169. The van der Waals surface area contributed by atoms with Crippen molar-refractivity contribution in [3.8, 4) is 0 Å². The summed E-state index contributed by atoms with van der Waals surface area (Å²) in [7, 11) is 0. The summed E-state index contributed by atoms with van der Waals surface area (Å²) in [4.78, 5) is 16.1. The van der Waals surface area contributed by atoms with Gasteiger partial charge in [0.25, 0.3) is 0 Å². The minimum Gasteiger partial charge on any atom is -0.381 e. The fraction of sp³-hybridized carbons (Fsp3) is 0.667. The van der Waals surface area contributed by atoms with Crippen LogP contribution in [0.15, 0.2) is 12.7 Å². The van der Waals surface area contributed by atoms with Gasteiger partial charge in [-0.15, -0.1) is 24.5 Å². The van der Waals surface area contributed by atoms with Gasteiger partial charge in [0.1, 0.15) is 0 Å². The molecule has 0 unspecified atom stereocenters. The SMILES string of the molecule is C=CCNOC(=O)C1CCOCC1.Cl. The summed E-state index contributed by atoms with van der Waals surface area (Å²) >= 11 is 0. The maximum atomic E-state index is 11.3. The Morgan fingerprint density at radius 3 is 2.79 bits per heavy atom. The van der Waals surface area contributed by atoms with Crippen LogP contribution < -0.4 is 5.48 Å². The van der Waals surface area contributed by atoms with E-state index in [0.717, 1.165) is 12.8 Å². The van der Waals surface area contributed by atoms with Crippen molar-refractivity contribution in [2.75, 3.05) is 19.8 Å². The first-order chi connectivity index (χ1) is 6.34. The van der Waals surface area contributed by atoms with Gasteiger partial charge in [0.2, 0.25) is 0 Å². The van der Waals surface area contributed by atoms with Crippen molar-refractivity contribution in [1.82, 2.24) is 5.48 Å². The third-order valence-corrected chi connectivity index (χ3v) is 1.96. The van der Waals surface area contributed by atoms with Gasteiger partial charge < -0.3 is 9.57 Å². The lowest BCUT2D eigenvalue weighted by Crippen LogP contribution is -2.29. The predicted molar refractivity (Wildman–Crippen MR) is 55.1 cm³/mol. The van der Waals surface area contributed by atoms with E-state index in [1.807, 2.05) is 0 Å². The van der Waals surface area contributed by atoms with Crippen LogP contribution in [0.1, 0.15) is 12.8 Å². The summed E-state index contributed by atoms with van der Waals surface area (Å²) in [5, 5.41) is 0. The lowest BCUT2D eigenvalue weighted by atomic mass is 10.0. The Labute approximate surface area is 90.0 Å². The molecule has 1 heterocycles. The van der Waals surface area contributed by atoms with Gasteiger partial charge in [0, 0.05) is 19.8 Å². The van der Waals surface area contributed by atoms with Crippen LogP contribution >= 0.6 is 12.4 Å². The van der Waals surface area contributed by atoms with Crippen molar-refractivity contribution in [1.29, 1.82) is 0 Å². The second kappa shape index (κ2) is 7.79. The van der Waals surface area contributed by atoms with Crippen molar-refractivity contribution in [3.63, 3.8) is 0 Å². The van der Waals surface area contributed by atoms with Crippen molar-refractivity contribution in [3.05, 3.63) is 12.7 Å². The third-order valence-electron chi connectivity index (χ3n) is 1.96. The Hall–Kier alpha value is -0.580. The molecular weight excluding hydrogens is 206 g/mol. The van der Waals surface area contributed by atoms with Crippen molar-refractivity contribution in [2.45, 2.75) is 12.8 Å². The molecule has 14 heavy (non-hydrogen) atoms. The largest absolute Gasteiger partial charge is 0.381 e. The molecule has 1 saturated heterocycles. The highest BCUT2D eigenvalue weighted by molar-refractivity contribution is 5.85. The van der Waals surface area contributed by atoms with Gasteiger partial charge in [-0.2, -0.15) is 0 Å². The van der Waals surface area contributed by atoms with E-state index < -0.39 is 0 Å². The molecule has 0 aromatic heterocycles. The Bertz CT molecular complexity index is 181. The van der Waals surface area contributed by atoms with E-state index in [-0.39, 0.29) is 24.3 Å². The molecule has 4 nitrogen and oxygen atoms in total. The Morgan fingerprint density at radius 2 is 2.21 bits per heavy atom. The first-order valence-corrected chi connectivity index (χ1v) is 4.46. The molecule has 1 fully saturated rings. The smallest absolute Gasteiger partial charge is 0.327 e. The fourth-order valence-electron chi connectivity index (χ4n) is 1.19. The van der Waals surface area contributed by atoms with Gasteiger partial charge in [0.15, 0.2) is 0 Å². The quantitative estimate of drug-likeness (QED) is 0.438. The lowest BCUT2D eigenvalue weighted by molar-refractivity contribution is -0.158. The molecule has 0 amide bonds. The Kier molecular flexibility index (Phi) is 7.47. The highest BCUT2D eigenvalue weighted by Crippen LogP contribution is 2.15. The zero-order valence-corrected chi connectivity index (χ0v) is 8.85. The minimum atomic E-state index is -0.190. The highest BCUT2D eigenvalue weighted by atomic mass is 35.5. The first-order valence-electron chi connectivity index (χ1n) is 4.46. The molecule has 0 bridgehead atoms. The molecule has 1 aliphatic rings. The summed E-state index contributed by atoms with van der Waals surface area (Å²) < 4.78 is 5.13. The topological polar surface area (TPSA) is 47.6 Å². The standard InChI is InChI=1S/C9H15NO3.ClH/c1-2-5-10-13-9(11)8-3-6-12-7-4-8;/h2,8,10H,1,3-7H2;1H. The van der Waals surface area contributed by atoms with Gasteiger partial charge in [-0.3, -0.25) is 4.79 Å². The molecule has 0 aromatic rings. The average Bonchev–Trinajstić information content (AvgIpc) is 2.19. The third kappa shape index (κ3) is 4.60. The molecule has 5 heteroatoms. The summed E-state index contributed by atoms with van der Waals surface area (Å²) in [6.45, 7) is 5.29. The Morgan fingerprint density at radius 1 is 1.57 bits per heavy atom. The second-order valence-corrected chi connectivity index (χ2v) is 2.94. The van der Waals surface area contributed by atoms with Gasteiger partial charge in [0.05, 0.1) is 5.92 Å². The number of nitrogens with one attached hydrogen (secondary N) is 1. The number of carbonyl (C=O) groups excluding carboxylic acids is 1. The maximum Gasteiger partial charge on any atom is 0.327 e. The molecule has 0 atom stereocenters. The van der Waals surface area contributed by atoms with E-state index >= 15 is 0 Å². The normalized spacial score (nSPS) is 16.9. The van der Waals surface area contributed by atoms with Gasteiger partial charge in [-0.05, 0) is 12.8 Å². The minimum absolute atomic E-state index is 0. The second-order valence-electron chi connectivity index (χ2n) is 2.94. The van der Waals surface area contributed by atoms with Crippen LogP contribution in [0.2, 0.25) is 0 Å². The molecular formula is C9H16ClNO3. The maximum absolute atomic E-state index is 11.3. The summed E-state index contributed by atoms with van der Waals surface area (Å²) in [6.07, 6.45) is 3.15. The van der Waals surface area contributed by atoms with Gasteiger partial charge in [-0.25, -0.2) is 0 Å². The van der Waals surface area contributed by atoms with Gasteiger partial charge >= 0.3 is 5.97 Å². The fourth-order valence-corrected chi connectivity index (χ4v) is 1.19. The average molecular weight is 222 g/mol. The molecule has 0 aliphatic carbocycles. The molecule has 0 radical (unpaired) electrons. The molecule has 1 rings (SSSR count). The van der Waals surface area contributed by atoms with Gasteiger partial charge in [-0.1, -0.05) is 6.08 Å². The van der Waals surface area contributed by atoms with E-state index in [1.54, 1.807) is 6.08 Å². The van der Waals surface area contributed by atoms with Crippen LogP contribution in [0.5, 0.6) is 0 Å². The van der Waals surface area contributed by atoms with Crippen molar-refractivity contribution in [2.24, 2.45) is 5.92 Å². The summed E-state index contributed by atoms with van der Waals surface area (Å²) in [6, 6.07) is 0. The zero-order valence-electron chi connectivity index (χ0n) is 8.03. The van der Waals surface area contributed by atoms with Crippen molar-refractivity contribution >= 4 is 18.4 Å². The predicted octanol–water partition coefficient (Wildman–Crippen LogP) is 1.07. The number of ether oxygens (including phenoxy) is 1. The molecule has 0 saturated carbocycles. The van der Waals surface area contributed by atoms with Crippen LogP contribution in [0.4, 0.5) is 0 Å². The molecule has 0 aromatic carbocycles. The van der Waals surface area contributed by atoms with Crippen LogP contribution in [-0.2, 0) is 14.4 Å². The number of rotatable bonds is 4. The van der Waals surface area contributed by atoms with E-state index in [4.69, 9.17) is 9.57 Å². The number of carbonyl (C=O) groups is 1. The number of hydrogen-bond donors (Lipinski definition) is 1. The molecule has 0 spiro atoms. The molecule has 82 valence electrons. The first kappa shape index (κ1) is 13.4. The van der Waals surface area contributed by atoms with E-state index in [9.17, 15) is 4.79 Å². The lowest BCUT2D eigenvalue weighted by Gasteiger charge is -2.19. The molecule has 1 N–H and O–H groups in total. The monoisotopic (exact) mass is 221 g/mol. The molecule has 1 aliphatic heterocycles. The number of halogens is 1. The summed E-state index contributed by atoms with van der Waals surface area (Å²) in [5.74, 6) is -0.198. The van der Waals surface area contributed by atoms with Crippen molar-refractivity contribution < 1.29 is 14.4 Å². The van der Waals surface area contributed by atoms with Crippen LogP contribution in [0.3, 0.4) is 0 Å². The van der Waals surface area contributed by atoms with E-state index in [1.165, 1.54) is 0 Å². The van der Waals surface area contributed by atoms with Crippen LogP contribution in [0.25, 0.3) is 0 Å². The van der Waals surface area contributed by atoms with Crippen LogP contribution in [-0.4, -0.2) is 25.7 Å². The number of hydrogen-bond acceptors (Lipinski definition) is 4. The zero-order chi connectivity index (χ0) is 9.52. The summed E-state index contributed by atoms with van der Waals surface area (Å²) in [5.41, 5.74) is 2.52.